The van der Waals surface area contributed by atoms with Crippen molar-refractivity contribution in [2.45, 2.75) is 77.2 Å². The summed E-state index contributed by atoms with van der Waals surface area (Å²) >= 11 is 0. The molecule has 1 heterocycles. The van der Waals surface area contributed by atoms with Crippen LogP contribution in [0.5, 0.6) is 0 Å². The second kappa shape index (κ2) is 12.2. The topological polar surface area (TPSA) is 67.9 Å². The number of nitrogens with one attached hydrogen (secondary N) is 1. The van der Waals surface area contributed by atoms with Gasteiger partial charge < -0.3 is 19.7 Å². The molecule has 2 amide bonds. The lowest BCUT2D eigenvalue weighted by Crippen LogP contribution is -2.38. The average molecular weight is 419 g/mol. The Morgan fingerprint density at radius 3 is 2.53 bits per heavy atom. The summed E-state index contributed by atoms with van der Waals surface area (Å²) in [5, 5.41) is 2.85. The molecule has 1 saturated heterocycles. The monoisotopic (exact) mass is 418 g/mol. The number of hydrogen-bond donors (Lipinski definition) is 1. The van der Waals surface area contributed by atoms with Gasteiger partial charge in [0, 0.05) is 39.0 Å². The number of likely N-dealkylation sites (tertiary alicyclic amines) is 1. The molecule has 30 heavy (non-hydrogen) atoms. The molecule has 1 aliphatic heterocycles. The quantitative estimate of drug-likeness (QED) is 0.410. The summed E-state index contributed by atoms with van der Waals surface area (Å²) in [5.74, 6) is 8.59. The molecule has 1 N–H and O–H groups in total. The minimum atomic E-state index is -0.308. The molecule has 0 radical (unpaired) electrons. The highest BCUT2D eigenvalue weighted by atomic mass is 16.5. The van der Waals surface area contributed by atoms with Gasteiger partial charge in [-0.05, 0) is 63.2 Å². The van der Waals surface area contributed by atoms with E-state index < -0.39 is 0 Å². The number of alkyl carbamates (subject to hydrolysis) is 1. The molecule has 4 atom stereocenters. The average Bonchev–Trinajstić information content (AvgIpc) is 3.14. The van der Waals surface area contributed by atoms with Crippen molar-refractivity contribution in [3.63, 3.8) is 0 Å². The molecule has 1 unspecified atom stereocenters. The fourth-order valence-electron chi connectivity index (χ4n) is 5.01. The van der Waals surface area contributed by atoms with Gasteiger partial charge in [-0.1, -0.05) is 6.42 Å². The molecule has 1 saturated carbocycles. The van der Waals surface area contributed by atoms with Crippen LogP contribution >= 0.6 is 0 Å². The summed E-state index contributed by atoms with van der Waals surface area (Å²) in [5.41, 5.74) is 0. The maximum atomic E-state index is 12.4. The van der Waals surface area contributed by atoms with E-state index in [0.717, 1.165) is 64.3 Å². The van der Waals surface area contributed by atoms with Crippen LogP contribution in [0.2, 0.25) is 0 Å². The van der Waals surface area contributed by atoms with Crippen molar-refractivity contribution >= 4 is 12.0 Å². The second-order valence-corrected chi connectivity index (χ2v) is 8.80. The van der Waals surface area contributed by atoms with Crippen molar-refractivity contribution in [2.24, 2.45) is 17.8 Å². The molecule has 0 aromatic heterocycles. The molecule has 3 rings (SSSR count). The summed E-state index contributed by atoms with van der Waals surface area (Å²) in [6.07, 6.45) is 9.33. The van der Waals surface area contributed by atoms with Gasteiger partial charge in [0.25, 0.3) is 0 Å². The van der Waals surface area contributed by atoms with Crippen LogP contribution in [0.3, 0.4) is 0 Å². The van der Waals surface area contributed by atoms with Crippen LogP contribution in [0.4, 0.5) is 4.79 Å². The van der Waals surface area contributed by atoms with Crippen LogP contribution in [-0.2, 0) is 14.3 Å². The highest BCUT2D eigenvalue weighted by Crippen LogP contribution is 2.52. The molecule has 0 bridgehead atoms. The molecule has 0 aromatic rings. The first-order valence-electron chi connectivity index (χ1n) is 11.9. The fourth-order valence-corrected chi connectivity index (χ4v) is 5.01. The van der Waals surface area contributed by atoms with E-state index in [-0.39, 0.29) is 18.0 Å². The highest BCUT2D eigenvalue weighted by molar-refractivity contribution is 5.76. The van der Waals surface area contributed by atoms with Crippen LogP contribution in [0.15, 0.2) is 0 Å². The van der Waals surface area contributed by atoms with Gasteiger partial charge in [-0.25, -0.2) is 4.79 Å². The van der Waals surface area contributed by atoms with E-state index in [0.29, 0.717) is 50.5 Å². The lowest BCUT2D eigenvalue weighted by molar-refractivity contribution is -0.133. The molecule has 6 heteroatoms. The lowest BCUT2D eigenvalue weighted by Gasteiger charge is -2.24. The third kappa shape index (κ3) is 6.91. The fraction of sp³-hybridized carbons (Fsp3) is 0.833. The number of ether oxygens (including phenoxy) is 2. The van der Waals surface area contributed by atoms with E-state index in [9.17, 15) is 9.59 Å². The SMILES string of the molecule is CCOC[C@@H]1CCCN1C(=O)CCCCCNC(=O)OCC1[C@H]2CCC#CCC[C@@H]12. The van der Waals surface area contributed by atoms with Crippen LogP contribution in [0.1, 0.15) is 71.1 Å². The second-order valence-electron chi connectivity index (χ2n) is 8.80. The van der Waals surface area contributed by atoms with Gasteiger partial charge in [0.1, 0.15) is 0 Å². The minimum absolute atomic E-state index is 0.243. The van der Waals surface area contributed by atoms with Crippen molar-refractivity contribution < 1.29 is 19.1 Å². The van der Waals surface area contributed by atoms with E-state index in [1.54, 1.807) is 0 Å². The summed E-state index contributed by atoms with van der Waals surface area (Å²) < 4.78 is 10.9. The molecule has 0 aromatic carbocycles. The van der Waals surface area contributed by atoms with Gasteiger partial charge in [0.2, 0.25) is 5.91 Å². The maximum absolute atomic E-state index is 12.4. The Kier molecular flexibility index (Phi) is 9.32. The zero-order chi connectivity index (χ0) is 21.2. The smallest absolute Gasteiger partial charge is 0.407 e. The lowest BCUT2D eigenvalue weighted by atomic mass is 10.1. The first-order valence-corrected chi connectivity index (χ1v) is 11.9. The van der Waals surface area contributed by atoms with Crippen molar-refractivity contribution in [1.29, 1.82) is 0 Å². The standard InChI is InChI=1S/C24H38N2O4/c1-2-29-17-19-11-10-16-26(19)23(27)14-8-5-9-15-25-24(28)30-18-22-20-12-6-3-4-7-13-21(20)22/h19-22H,2,5-18H2,1H3,(H,25,28)/t19-,20-,21+,22?/m0/s1. The number of carbonyl (C=O) groups excluding carboxylic acids is 2. The number of rotatable bonds is 11. The van der Waals surface area contributed by atoms with Crippen molar-refractivity contribution in [3.05, 3.63) is 0 Å². The van der Waals surface area contributed by atoms with Crippen molar-refractivity contribution in [2.75, 3.05) is 32.9 Å². The number of amides is 2. The number of nitrogens with zero attached hydrogens (tertiary/aromatic N) is 1. The zero-order valence-electron chi connectivity index (χ0n) is 18.5. The number of fused-ring (bicyclic) bond motifs is 1. The number of carbonyl (C=O) groups is 2. The first kappa shape index (κ1) is 22.9. The third-order valence-corrected chi connectivity index (χ3v) is 6.79. The molecule has 3 aliphatic rings. The molecule has 2 fully saturated rings. The van der Waals surface area contributed by atoms with Crippen molar-refractivity contribution in [3.8, 4) is 11.8 Å². The number of unbranched alkanes of at least 4 members (excludes halogenated alkanes) is 2. The van der Waals surface area contributed by atoms with Gasteiger partial charge in [-0.2, -0.15) is 0 Å². The Labute approximate surface area is 181 Å². The van der Waals surface area contributed by atoms with Gasteiger partial charge >= 0.3 is 6.09 Å². The van der Waals surface area contributed by atoms with E-state index >= 15 is 0 Å². The van der Waals surface area contributed by atoms with E-state index in [2.05, 4.69) is 17.2 Å². The summed E-state index contributed by atoms with van der Waals surface area (Å²) in [7, 11) is 0. The van der Waals surface area contributed by atoms with Gasteiger partial charge in [-0.15, -0.1) is 11.8 Å². The van der Waals surface area contributed by atoms with Crippen molar-refractivity contribution in [1.82, 2.24) is 10.2 Å². The Hall–Kier alpha value is -1.74. The van der Waals surface area contributed by atoms with Gasteiger partial charge in [-0.3, -0.25) is 4.79 Å². The van der Waals surface area contributed by atoms with E-state index in [1.807, 2.05) is 11.8 Å². The zero-order valence-corrected chi connectivity index (χ0v) is 18.5. The maximum Gasteiger partial charge on any atom is 0.407 e. The Balaban J connectivity index is 1.19. The summed E-state index contributed by atoms with van der Waals surface area (Å²) in [6.45, 7) is 5.35. The summed E-state index contributed by atoms with van der Waals surface area (Å²) in [6, 6.07) is 0.255. The van der Waals surface area contributed by atoms with Crippen LogP contribution < -0.4 is 5.32 Å². The van der Waals surface area contributed by atoms with E-state index in [1.165, 1.54) is 0 Å². The molecule has 0 spiro atoms. The van der Waals surface area contributed by atoms with Gasteiger partial charge in [0.15, 0.2) is 0 Å². The highest BCUT2D eigenvalue weighted by Gasteiger charge is 2.49. The number of hydrogen-bond acceptors (Lipinski definition) is 4. The molecule has 6 nitrogen and oxygen atoms in total. The normalized spacial score (nSPS) is 27.3. The van der Waals surface area contributed by atoms with Gasteiger partial charge in [0.05, 0.1) is 19.3 Å². The van der Waals surface area contributed by atoms with Crippen LogP contribution in [0.25, 0.3) is 0 Å². The summed E-state index contributed by atoms with van der Waals surface area (Å²) in [4.78, 5) is 26.4. The predicted molar refractivity (Wildman–Crippen MR) is 116 cm³/mol. The third-order valence-electron chi connectivity index (χ3n) is 6.79. The predicted octanol–water partition coefficient (Wildman–Crippen LogP) is 3.74. The minimum Gasteiger partial charge on any atom is -0.449 e. The molecular formula is C24H38N2O4. The largest absolute Gasteiger partial charge is 0.449 e. The van der Waals surface area contributed by atoms with Crippen LogP contribution in [0, 0.1) is 29.6 Å². The van der Waals surface area contributed by atoms with E-state index in [4.69, 9.17) is 9.47 Å². The molecular weight excluding hydrogens is 380 g/mol. The Morgan fingerprint density at radius 2 is 1.80 bits per heavy atom. The molecule has 168 valence electrons. The van der Waals surface area contributed by atoms with Crippen LogP contribution in [-0.4, -0.2) is 55.9 Å². The molecule has 2 aliphatic carbocycles. The first-order chi connectivity index (χ1) is 14.7. The Morgan fingerprint density at radius 1 is 1.03 bits per heavy atom. The Bertz CT molecular complexity index is 608.